The van der Waals surface area contributed by atoms with E-state index in [0.29, 0.717) is 31.1 Å². The van der Waals surface area contributed by atoms with Crippen molar-refractivity contribution < 1.29 is 9.32 Å². The van der Waals surface area contributed by atoms with E-state index in [9.17, 15) is 4.79 Å². The molecule has 18 heavy (non-hydrogen) atoms. The molecule has 3 N–H and O–H groups in total. The minimum Gasteiger partial charge on any atom is -0.356 e. The summed E-state index contributed by atoms with van der Waals surface area (Å²) in [5.41, 5.74) is 5.70. The Morgan fingerprint density at radius 1 is 1.56 bits per heavy atom. The van der Waals surface area contributed by atoms with Crippen LogP contribution in [-0.2, 0) is 16.8 Å². The van der Waals surface area contributed by atoms with Crippen molar-refractivity contribution in [3.8, 4) is 0 Å². The van der Waals surface area contributed by atoms with E-state index in [1.54, 1.807) is 0 Å². The van der Waals surface area contributed by atoms with Gasteiger partial charge in [-0.3, -0.25) is 4.79 Å². The van der Waals surface area contributed by atoms with Gasteiger partial charge in [-0.15, -0.1) is 0 Å². The summed E-state index contributed by atoms with van der Waals surface area (Å²) in [6.45, 7) is 2.73. The Hall–Kier alpha value is -1.43. The number of aromatic nitrogens is 2. The van der Waals surface area contributed by atoms with Crippen LogP contribution >= 0.6 is 0 Å². The number of nitrogens with two attached hydrogens (primary N) is 1. The van der Waals surface area contributed by atoms with Crippen LogP contribution in [0.3, 0.4) is 0 Å². The molecule has 0 aromatic carbocycles. The van der Waals surface area contributed by atoms with E-state index < -0.39 is 5.54 Å². The predicted octanol–water partition coefficient (Wildman–Crippen LogP) is 0.866. The van der Waals surface area contributed by atoms with E-state index in [1.807, 2.05) is 6.92 Å². The summed E-state index contributed by atoms with van der Waals surface area (Å²) in [6.07, 6.45) is 4.70. The lowest BCUT2D eigenvalue weighted by atomic mass is 9.77. The summed E-state index contributed by atoms with van der Waals surface area (Å²) in [6, 6.07) is 0. The molecule has 0 unspecified atom stereocenters. The van der Waals surface area contributed by atoms with Gasteiger partial charge in [0, 0.05) is 19.4 Å². The molecular formula is C12H20N4O2. The highest BCUT2D eigenvalue weighted by Gasteiger charge is 2.38. The Labute approximate surface area is 106 Å². The highest BCUT2D eigenvalue weighted by molar-refractivity contribution is 5.75. The maximum atomic E-state index is 11.4. The van der Waals surface area contributed by atoms with Gasteiger partial charge in [0.15, 0.2) is 5.82 Å². The Morgan fingerprint density at radius 3 is 2.94 bits per heavy atom. The lowest BCUT2D eigenvalue weighted by Crippen LogP contribution is -2.44. The predicted molar refractivity (Wildman–Crippen MR) is 65.6 cm³/mol. The van der Waals surface area contributed by atoms with Crippen LogP contribution in [-0.4, -0.2) is 22.6 Å². The van der Waals surface area contributed by atoms with Gasteiger partial charge >= 0.3 is 0 Å². The zero-order valence-corrected chi connectivity index (χ0v) is 10.7. The summed E-state index contributed by atoms with van der Waals surface area (Å²) in [7, 11) is 0. The van der Waals surface area contributed by atoms with Gasteiger partial charge in [0.2, 0.25) is 11.8 Å². The van der Waals surface area contributed by atoms with Gasteiger partial charge in [0.05, 0.1) is 5.54 Å². The van der Waals surface area contributed by atoms with Crippen molar-refractivity contribution in [3.63, 3.8) is 0 Å². The van der Waals surface area contributed by atoms with Crippen LogP contribution in [0, 0.1) is 0 Å². The van der Waals surface area contributed by atoms with Gasteiger partial charge in [-0.25, -0.2) is 0 Å². The van der Waals surface area contributed by atoms with Crippen LogP contribution in [0.1, 0.15) is 50.7 Å². The normalized spacial score (nSPS) is 17.2. The van der Waals surface area contributed by atoms with Crippen LogP contribution in [0.2, 0.25) is 0 Å². The summed E-state index contributed by atoms with van der Waals surface area (Å²) >= 11 is 0. The average molecular weight is 252 g/mol. The molecule has 1 amide bonds. The molecule has 0 radical (unpaired) electrons. The SMILES string of the molecule is CCCNC(=O)CCc1nc(C2(N)CCC2)no1. The number of rotatable bonds is 6. The maximum absolute atomic E-state index is 11.4. The number of hydrogen-bond acceptors (Lipinski definition) is 5. The third-order valence-corrected chi connectivity index (χ3v) is 3.30. The monoisotopic (exact) mass is 252 g/mol. The molecule has 1 saturated carbocycles. The Kier molecular flexibility index (Phi) is 3.96. The minimum atomic E-state index is -0.397. The number of carbonyl (C=O) groups excluding carboxylic acids is 1. The highest BCUT2D eigenvalue weighted by Crippen LogP contribution is 2.36. The van der Waals surface area contributed by atoms with Gasteiger partial charge in [-0.2, -0.15) is 4.98 Å². The van der Waals surface area contributed by atoms with E-state index in [0.717, 1.165) is 25.7 Å². The average Bonchev–Trinajstić information content (AvgIpc) is 2.80. The van der Waals surface area contributed by atoms with Crippen molar-refractivity contribution in [1.82, 2.24) is 15.5 Å². The second-order valence-electron chi connectivity index (χ2n) is 4.87. The Balaban J connectivity index is 1.82. The number of carbonyl (C=O) groups is 1. The van der Waals surface area contributed by atoms with Crippen LogP contribution in [0.15, 0.2) is 4.52 Å². The fourth-order valence-electron chi connectivity index (χ4n) is 1.91. The largest absolute Gasteiger partial charge is 0.356 e. The molecule has 0 spiro atoms. The van der Waals surface area contributed by atoms with Gasteiger partial charge in [0.25, 0.3) is 0 Å². The van der Waals surface area contributed by atoms with E-state index in [2.05, 4.69) is 15.5 Å². The molecule has 0 atom stereocenters. The van der Waals surface area contributed by atoms with E-state index in [4.69, 9.17) is 10.3 Å². The zero-order valence-electron chi connectivity index (χ0n) is 10.7. The van der Waals surface area contributed by atoms with Crippen LogP contribution in [0.5, 0.6) is 0 Å². The maximum Gasteiger partial charge on any atom is 0.227 e. The molecule has 0 bridgehead atoms. The molecule has 2 rings (SSSR count). The van der Waals surface area contributed by atoms with Crippen LogP contribution in [0.25, 0.3) is 0 Å². The fourth-order valence-corrected chi connectivity index (χ4v) is 1.91. The highest BCUT2D eigenvalue weighted by atomic mass is 16.5. The minimum absolute atomic E-state index is 0.0164. The van der Waals surface area contributed by atoms with E-state index in [-0.39, 0.29) is 5.91 Å². The standard InChI is InChI=1S/C12H20N4O2/c1-2-8-14-9(17)4-5-10-15-11(16-18-10)12(13)6-3-7-12/h2-8,13H2,1H3,(H,14,17). The molecule has 1 aliphatic rings. The van der Waals surface area contributed by atoms with Gasteiger partial charge in [0.1, 0.15) is 0 Å². The first-order valence-corrected chi connectivity index (χ1v) is 6.53. The molecule has 1 aromatic rings. The first kappa shape index (κ1) is 13.0. The van der Waals surface area contributed by atoms with Crippen molar-refractivity contribution in [2.24, 2.45) is 5.73 Å². The lowest BCUT2D eigenvalue weighted by molar-refractivity contribution is -0.121. The molecule has 1 aliphatic carbocycles. The molecule has 100 valence electrons. The number of nitrogens with one attached hydrogen (secondary N) is 1. The molecule has 1 heterocycles. The number of nitrogens with zero attached hydrogens (tertiary/aromatic N) is 2. The van der Waals surface area contributed by atoms with Crippen molar-refractivity contribution in [3.05, 3.63) is 11.7 Å². The first-order valence-electron chi connectivity index (χ1n) is 6.53. The molecule has 1 fully saturated rings. The fraction of sp³-hybridized carbons (Fsp3) is 0.750. The molecule has 0 aliphatic heterocycles. The number of hydrogen-bond donors (Lipinski definition) is 2. The molecule has 6 heteroatoms. The topological polar surface area (TPSA) is 94.0 Å². The van der Waals surface area contributed by atoms with Gasteiger partial charge in [-0.05, 0) is 25.7 Å². The second kappa shape index (κ2) is 5.48. The van der Waals surface area contributed by atoms with Crippen molar-refractivity contribution in [2.75, 3.05) is 6.54 Å². The van der Waals surface area contributed by atoms with Crippen molar-refractivity contribution in [2.45, 2.75) is 51.0 Å². The zero-order chi connectivity index (χ0) is 13.0. The lowest BCUT2D eigenvalue weighted by Gasteiger charge is -2.34. The summed E-state index contributed by atoms with van der Waals surface area (Å²) in [5, 5.41) is 6.72. The second-order valence-corrected chi connectivity index (χ2v) is 4.87. The van der Waals surface area contributed by atoms with Crippen molar-refractivity contribution in [1.29, 1.82) is 0 Å². The summed E-state index contributed by atoms with van der Waals surface area (Å²) in [5.74, 6) is 1.09. The van der Waals surface area contributed by atoms with E-state index >= 15 is 0 Å². The van der Waals surface area contributed by atoms with Crippen LogP contribution in [0.4, 0.5) is 0 Å². The molecule has 6 nitrogen and oxygen atoms in total. The van der Waals surface area contributed by atoms with E-state index in [1.165, 1.54) is 0 Å². The molecule has 0 saturated heterocycles. The third kappa shape index (κ3) is 2.87. The Bertz CT molecular complexity index is 412. The molecule has 1 aromatic heterocycles. The number of amides is 1. The third-order valence-electron chi connectivity index (χ3n) is 3.30. The van der Waals surface area contributed by atoms with Gasteiger partial charge < -0.3 is 15.6 Å². The van der Waals surface area contributed by atoms with Crippen molar-refractivity contribution >= 4 is 5.91 Å². The summed E-state index contributed by atoms with van der Waals surface area (Å²) in [4.78, 5) is 15.7. The quantitative estimate of drug-likeness (QED) is 0.783. The molecular weight excluding hydrogens is 232 g/mol. The Morgan fingerprint density at radius 2 is 2.33 bits per heavy atom. The van der Waals surface area contributed by atoms with Crippen LogP contribution < -0.4 is 11.1 Å². The number of aryl methyl sites for hydroxylation is 1. The first-order chi connectivity index (χ1) is 8.64. The smallest absolute Gasteiger partial charge is 0.227 e. The summed E-state index contributed by atoms with van der Waals surface area (Å²) < 4.78 is 5.12. The van der Waals surface area contributed by atoms with Gasteiger partial charge in [-0.1, -0.05) is 12.1 Å².